The van der Waals surface area contributed by atoms with Crippen LogP contribution in [-0.4, -0.2) is 22.0 Å². The lowest BCUT2D eigenvalue weighted by Crippen LogP contribution is -2.24. The number of aromatic amines is 1. The second-order valence-electron chi connectivity index (χ2n) is 5.91. The van der Waals surface area contributed by atoms with Crippen molar-refractivity contribution in [2.45, 2.75) is 6.54 Å². The molecule has 7 nitrogen and oxygen atoms in total. The summed E-state index contributed by atoms with van der Waals surface area (Å²) in [5.74, 6) is -0.0635. The molecule has 0 aliphatic rings. The van der Waals surface area contributed by atoms with Gasteiger partial charge in [0.25, 0.3) is 11.8 Å². The number of benzene rings is 1. The molecule has 28 heavy (non-hydrogen) atoms. The van der Waals surface area contributed by atoms with Crippen LogP contribution in [0.25, 0.3) is 10.6 Å². The van der Waals surface area contributed by atoms with Crippen molar-refractivity contribution < 1.29 is 14.0 Å². The van der Waals surface area contributed by atoms with Crippen molar-refractivity contribution in [2.24, 2.45) is 0 Å². The number of nitrogens with zero attached hydrogens (tertiary/aromatic N) is 1. The predicted molar refractivity (Wildman–Crippen MR) is 106 cm³/mol. The number of hydrogen-bond donors (Lipinski definition) is 3. The molecule has 3 N–H and O–H groups in total. The fraction of sp³-hybridized carbons (Fsp3) is 0.0500. The van der Waals surface area contributed by atoms with Crippen LogP contribution in [-0.2, 0) is 6.54 Å². The van der Waals surface area contributed by atoms with E-state index in [1.807, 2.05) is 17.5 Å². The average molecular weight is 392 g/mol. The Labute approximate surface area is 164 Å². The number of nitrogens with one attached hydrogen (secondary N) is 3. The zero-order valence-corrected chi connectivity index (χ0v) is 15.5. The Hall–Kier alpha value is -3.65. The summed E-state index contributed by atoms with van der Waals surface area (Å²) in [6.07, 6.45) is 1.55. The quantitative estimate of drug-likeness (QED) is 0.463. The molecule has 0 atom stereocenters. The SMILES string of the molecule is O=C(Nc1ccccc1C(=O)NCc1ccco1)c1cc(-c2cccs2)[nH]n1. The smallest absolute Gasteiger partial charge is 0.276 e. The highest BCUT2D eigenvalue weighted by molar-refractivity contribution is 7.13. The van der Waals surface area contributed by atoms with Crippen molar-refractivity contribution in [1.29, 1.82) is 0 Å². The van der Waals surface area contributed by atoms with Gasteiger partial charge in [0.15, 0.2) is 5.69 Å². The van der Waals surface area contributed by atoms with E-state index in [1.54, 1.807) is 60.1 Å². The summed E-state index contributed by atoms with van der Waals surface area (Å²) in [5.41, 5.74) is 1.78. The van der Waals surface area contributed by atoms with Gasteiger partial charge in [0, 0.05) is 0 Å². The summed E-state index contributed by atoms with van der Waals surface area (Å²) < 4.78 is 5.21. The fourth-order valence-corrected chi connectivity index (χ4v) is 3.34. The normalized spacial score (nSPS) is 10.6. The van der Waals surface area contributed by atoms with Gasteiger partial charge in [-0.1, -0.05) is 18.2 Å². The summed E-state index contributed by atoms with van der Waals surface area (Å²) in [5, 5.41) is 14.4. The van der Waals surface area contributed by atoms with E-state index in [1.165, 1.54) is 0 Å². The zero-order valence-electron chi connectivity index (χ0n) is 14.6. The summed E-state index contributed by atoms with van der Waals surface area (Å²) in [4.78, 5) is 26.1. The van der Waals surface area contributed by atoms with Crippen LogP contribution in [0.3, 0.4) is 0 Å². The molecule has 0 radical (unpaired) electrons. The number of carbonyl (C=O) groups excluding carboxylic acids is 2. The van der Waals surface area contributed by atoms with Gasteiger partial charge < -0.3 is 15.1 Å². The van der Waals surface area contributed by atoms with Crippen LogP contribution in [0.1, 0.15) is 26.6 Å². The van der Waals surface area contributed by atoms with Crippen molar-refractivity contribution in [3.63, 3.8) is 0 Å². The molecule has 0 saturated heterocycles. The third-order valence-corrected chi connectivity index (χ3v) is 4.92. The summed E-state index contributed by atoms with van der Waals surface area (Å²) in [6, 6.07) is 15.9. The lowest BCUT2D eigenvalue weighted by Gasteiger charge is -2.10. The van der Waals surface area contributed by atoms with Gasteiger partial charge in [-0.05, 0) is 41.8 Å². The Bertz CT molecular complexity index is 1080. The highest BCUT2D eigenvalue weighted by atomic mass is 32.1. The van der Waals surface area contributed by atoms with Gasteiger partial charge >= 0.3 is 0 Å². The number of aromatic nitrogens is 2. The van der Waals surface area contributed by atoms with Crippen LogP contribution in [0.4, 0.5) is 5.69 Å². The molecule has 2 amide bonds. The molecule has 0 bridgehead atoms. The molecule has 0 unspecified atom stereocenters. The van der Waals surface area contributed by atoms with Crippen molar-refractivity contribution in [3.8, 4) is 10.6 Å². The molecule has 0 spiro atoms. The van der Waals surface area contributed by atoms with E-state index in [-0.39, 0.29) is 18.1 Å². The first-order valence-corrected chi connectivity index (χ1v) is 9.39. The molecule has 8 heteroatoms. The Morgan fingerprint density at radius 3 is 2.75 bits per heavy atom. The van der Waals surface area contributed by atoms with Crippen LogP contribution in [0, 0.1) is 0 Å². The molecule has 0 aliphatic heterocycles. The molecule has 4 aromatic rings. The van der Waals surface area contributed by atoms with E-state index in [2.05, 4.69) is 20.8 Å². The number of thiophene rings is 1. The number of furan rings is 1. The summed E-state index contributed by atoms with van der Waals surface area (Å²) in [6.45, 7) is 0.262. The average Bonchev–Trinajstić information content (AvgIpc) is 3.48. The standard InChI is InChI=1S/C20H16N4O3S/c25-19(21-12-13-5-3-9-27-13)14-6-1-2-7-15(14)22-20(26)17-11-16(23-24-17)18-8-4-10-28-18/h1-11H,12H2,(H,21,25)(H,22,26)(H,23,24). The third kappa shape index (κ3) is 3.86. The monoisotopic (exact) mass is 392 g/mol. The van der Waals surface area contributed by atoms with Crippen LogP contribution in [0.2, 0.25) is 0 Å². The summed E-state index contributed by atoms with van der Waals surface area (Å²) >= 11 is 1.55. The molecule has 0 aliphatic carbocycles. The number of amides is 2. The largest absolute Gasteiger partial charge is 0.467 e. The van der Waals surface area contributed by atoms with E-state index in [4.69, 9.17) is 4.42 Å². The minimum atomic E-state index is -0.398. The van der Waals surface area contributed by atoms with E-state index in [0.29, 0.717) is 17.0 Å². The number of hydrogen-bond acceptors (Lipinski definition) is 5. The maximum atomic E-state index is 12.6. The van der Waals surface area contributed by atoms with E-state index >= 15 is 0 Å². The van der Waals surface area contributed by atoms with Crippen LogP contribution >= 0.6 is 11.3 Å². The number of anilines is 1. The van der Waals surface area contributed by atoms with Crippen molar-refractivity contribution in [1.82, 2.24) is 15.5 Å². The van der Waals surface area contributed by atoms with Crippen LogP contribution in [0.5, 0.6) is 0 Å². The van der Waals surface area contributed by atoms with Gasteiger partial charge in [-0.25, -0.2) is 0 Å². The zero-order chi connectivity index (χ0) is 19.3. The van der Waals surface area contributed by atoms with E-state index in [9.17, 15) is 9.59 Å². The maximum Gasteiger partial charge on any atom is 0.276 e. The first kappa shape index (κ1) is 17.7. The highest BCUT2D eigenvalue weighted by Crippen LogP contribution is 2.23. The Morgan fingerprint density at radius 2 is 1.96 bits per heavy atom. The Kier molecular flexibility index (Phi) is 5.03. The molecule has 140 valence electrons. The second kappa shape index (κ2) is 7.93. The van der Waals surface area contributed by atoms with Crippen molar-refractivity contribution in [3.05, 3.63) is 83.3 Å². The van der Waals surface area contributed by atoms with Gasteiger partial charge in [0.1, 0.15) is 5.76 Å². The highest BCUT2D eigenvalue weighted by Gasteiger charge is 2.16. The molecule has 4 rings (SSSR count). The van der Waals surface area contributed by atoms with Crippen LogP contribution in [0.15, 0.2) is 70.7 Å². The summed E-state index contributed by atoms with van der Waals surface area (Å²) in [7, 11) is 0. The topological polar surface area (TPSA) is 100 Å². The number of rotatable bonds is 6. The molecular weight excluding hydrogens is 376 g/mol. The lowest BCUT2D eigenvalue weighted by molar-refractivity contribution is 0.0949. The van der Waals surface area contributed by atoms with Crippen molar-refractivity contribution in [2.75, 3.05) is 5.32 Å². The minimum absolute atomic E-state index is 0.245. The first-order chi connectivity index (χ1) is 13.7. The van der Waals surface area contributed by atoms with Gasteiger partial charge in [0.05, 0.1) is 34.6 Å². The molecular formula is C20H16N4O3S. The molecule has 0 fully saturated rings. The fourth-order valence-electron chi connectivity index (χ4n) is 2.65. The maximum absolute atomic E-state index is 12.6. The first-order valence-electron chi connectivity index (χ1n) is 8.51. The Morgan fingerprint density at radius 1 is 1.07 bits per heavy atom. The minimum Gasteiger partial charge on any atom is -0.467 e. The second-order valence-corrected chi connectivity index (χ2v) is 6.85. The van der Waals surface area contributed by atoms with Crippen LogP contribution < -0.4 is 10.6 Å². The molecule has 3 aromatic heterocycles. The van der Waals surface area contributed by atoms with Gasteiger partial charge in [-0.2, -0.15) is 5.10 Å². The number of H-pyrrole nitrogens is 1. The lowest BCUT2D eigenvalue weighted by atomic mass is 10.1. The van der Waals surface area contributed by atoms with Gasteiger partial charge in [-0.3, -0.25) is 14.7 Å². The molecule has 0 saturated carbocycles. The number of carbonyl (C=O) groups is 2. The van der Waals surface area contributed by atoms with Gasteiger partial charge in [0.2, 0.25) is 0 Å². The third-order valence-electron chi connectivity index (χ3n) is 4.02. The van der Waals surface area contributed by atoms with E-state index in [0.717, 1.165) is 10.6 Å². The van der Waals surface area contributed by atoms with Gasteiger partial charge in [-0.15, -0.1) is 11.3 Å². The van der Waals surface area contributed by atoms with E-state index < -0.39 is 5.91 Å². The molecule has 3 heterocycles. The Balaban J connectivity index is 1.47. The number of para-hydroxylation sites is 1. The van der Waals surface area contributed by atoms with Crippen molar-refractivity contribution >= 4 is 28.8 Å². The molecule has 1 aromatic carbocycles. The predicted octanol–water partition coefficient (Wildman–Crippen LogP) is 3.91.